The van der Waals surface area contributed by atoms with Gasteiger partial charge in [-0.2, -0.15) is 5.10 Å². The van der Waals surface area contributed by atoms with E-state index in [0.717, 1.165) is 5.56 Å². The molecule has 0 radical (unpaired) electrons. The van der Waals surface area contributed by atoms with Gasteiger partial charge in [0.05, 0.1) is 5.69 Å². The lowest BCUT2D eigenvalue weighted by atomic mass is 10.1. The maximum atomic E-state index is 13.3. The van der Waals surface area contributed by atoms with Gasteiger partial charge in [0, 0.05) is 19.2 Å². The maximum absolute atomic E-state index is 13.3. The van der Waals surface area contributed by atoms with Crippen LogP contribution >= 0.6 is 0 Å². The van der Waals surface area contributed by atoms with E-state index in [-0.39, 0.29) is 24.0 Å². The van der Waals surface area contributed by atoms with E-state index in [1.807, 2.05) is 12.1 Å². The van der Waals surface area contributed by atoms with Crippen LogP contribution in [0.4, 0.5) is 10.1 Å². The smallest absolute Gasteiger partial charge is 0.272 e. The minimum atomic E-state index is -0.844. The second-order valence-electron chi connectivity index (χ2n) is 6.79. The first-order valence-corrected chi connectivity index (χ1v) is 9.10. The highest BCUT2D eigenvalue weighted by molar-refractivity contribution is 6.02. The number of fused-ring (bicyclic) bond motifs is 1. The Bertz CT molecular complexity index is 1070. The van der Waals surface area contributed by atoms with E-state index in [9.17, 15) is 14.0 Å². The van der Waals surface area contributed by atoms with E-state index in [1.165, 1.54) is 17.0 Å². The maximum Gasteiger partial charge on any atom is 0.272 e. The Hall–Kier alpha value is -3.68. The number of carbonyl (C=O) groups excluding carboxylic acids is 2. The average Bonchev–Trinajstić information content (AvgIpc) is 3.14. The molecule has 8 heteroatoms. The van der Waals surface area contributed by atoms with Crippen LogP contribution in [-0.2, 0) is 11.2 Å². The molecule has 4 rings (SSSR count). The van der Waals surface area contributed by atoms with E-state index in [4.69, 9.17) is 4.74 Å². The molecule has 1 atom stereocenters. The van der Waals surface area contributed by atoms with Crippen molar-refractivity contribution < 1.29 is 18.7 Å². The lowest BCUT2D eigenvalue weighted by molar-refractivity contribution is -0.120. The third kappa shape index (κ3) is 3.96. The van der Waals surface area contributed by atoms with Gasteiger partial charge in [-0.1, -0.05) is 24.3 Å². The highest BCUT2D eigenvalue weighted by Crippen LogP contribution is 2.29. The molecule has 29 heavy (non-hydrogen) atoms. The monoisotopic (exact) mass is 394 g/mol. The van der Waals surface area contributed by atoms with Crippen LogP contribution in [0.25, 0.3) is 0 Å². The molecule has 0 bridgehead atoms. The fraction of sp³-hybridized carbons (Fsp3) is 0.190. The Morgan fingerprint density at radius 1 is 1.28 bits per heavy atom. The summed E-state index contributed by atoms with van der Waals surface area (Å²) >= 11 is 0. The fourth-order valence-electron chi connectivity index (χ4n) is 3.22. The fourth-order valence-corrected chi connectivity index (χ4v) is 3.22. The first-order chi connectivity index (χ1) is 14.0. The number of nitrogens with zero attached hydrogens (tertiary/aromatic N) is 2. The van der Waals surface area contributed by atoms with Crippen molar-refractivity contribution in [3.05, 3.63) is 77.4 Å². The molecule has 0 fully saturated rings. The molecule has 7 nitrogen and oxygen atoms in total. The lowest BCUT2D eigenvalue weighted by Crippen LogP contribution is -2.49. The van der Waals surface area contributed by atoms with Gasteiger partial charge >= 0.3 is 0 Å². The summed E-state index contributed by atoms with van der Waals surface area (Å²) in [5.74, 6) is -0.513. The molecule has 2 amide bonds. The number of para-hydroxylation sites is 2. The van der Waals surface area contributed by atoms with E-state index < -0.39 is 11.9 Å². The summed E-state index contributed by atoms with van der Waals surface area (Å²) in [4.78, 5) is 26.8. The van der Waals surface area contributed by atoms with Crippen molar-refractivity contribution in [2.24, 2.45) is 0 Å². The van der Waals surface area contributed by atoms with Gasteiger partial charge < -0.3 is 15.0 Å². The molecule has 1 aromatic heterocycles. The second-order valence-corrected chi connectivity index (χ2v) is 6.79. The summed E-state index contributed by atoms with van der Waals surface area (Å²) in [5, 5.41) is 9.47. The number of H-pyrrole nitrogens is 1. The number of rotatable bonds is 4. The highest BCUT2D eigenvalue weighted by atomic mass is 19.1. The molecular formula is C21H19FN4O3. The van der Waals surface area contributed by atoms with Gasteiger partial charge in [-0.05, 0) is 35.9 Å². The Balaban J connectivity index is 1.44. The Labute approximate surface area is 166 Å². The third-order valence-electron chi connectivity index (χ3n) is 4.71. The number of aromatic nitrogens is 2. The lowest BCUT2D eigenvalue weighted by Gasteiger charge is -2.19. The van der Waals surface area contributed by atoms with Gasteiger partial charge in [0.1, 0.15) is 29.9 Å². The molecule has 1 unspecified atom stereocenters. The zero-order valence-electron chi connectivity index (χ0n) is 15.7. The van der Waals surface area contributed by atoms with Crippen molar-refractivity contribution in [2.75, 3.05) is 18.6 Å². The van der Waals surface area contributed by atoms with Gasteiger partial charge in [0.25, 0.3) is 11.8 Å². The summed E-state index contributed by atoms with van der Waals surface area (Å²) in [5.41, 5.74) is 2.21. The molecule has 0 saturated heterocycles. The summed E-state index contributed by atoms with van der Waals surface area (Å²) in [6, 6.07) is 14.1. The van der Waals surface area contributed by atoms with Gasteiger partial charge in [-0.25, -0.2) is 4.39 Å². The molecular weight excluding hydrogens is 375 g/mol. The number of halogens is 1. The van der Waals surface area contributed by atoms with Gasteiger partial charge in [-0.15, -0.1) is 0 Å². The van der Waals surface area contributed by atoms with Crippen molar-refractivity contribution in [1.29, 1.82) is 0 Å². The first-order valence-electron chi connectivity index (χ1n) is 9.10. The molecule has 2 aromatic carbocycles. The quantitative estimate of drug-likeness (QED) is 0.711. The molecule has 2 N–H and O–H groups in total. The van der Waals surface area contributed by atoms with Gasteiger partial charge in [-0.3, -0.25) is 14.7 Å². The van der Waals surface area contributed by atoms with Crippen LogP contribution in [0, 0.1) is 5.82 Å². The highest BCUT2D eigenvalue weighted by Gasteiger charge is 2.31. The number of aromatic amines is 1. The van der Waals surface area contributed by atoms with Gasteiger partial charge in [0.2, 0.25) is 0 Å². The van der Waals surface area contributed by atoms with Crippen LogP contribution in [0.1, 0.15) is 21.7 Å². The Kier molecular flexibility index (Phi) is 4.99. The van der Waals surface area contributed by atoms with E-state index in [2.05, 4.69) is 15.5 Å². The van der Waals surface area contributed by atoms with E-state index >= 15 is 0 Å². The van der Waals surface area contributed by atoms with Crippen molar-refractivity contribution in [3.8, 4) is 5.75 Å². The number of amides is 2. The molecule has 1 aliphatic rings. The van der Waals surface area contributed by atoms with Crippen LogP contribution < -0.4 is 15.0 Å². The third-order valence-corrected chi connectivity index (χ3v) is 4.71. The minimum Gasteiger partial charge on any atom is -0.489 e. The van der Waals surface area contributed by atoms with Crippen molar-refractivity contribution in [1.82, 2.24) is 15.5 Å². The normalized spacial score (nSPS) is 16.0. The second kappa shape index (κ2) is 7.75. The summed E-state index contributed by atoms with van der Waals surface area (Å²) < 4.78 is 19.0. The average molecular weight is 394 g/mol. The number of anilines is 1. The summed E-state index contributed by atoms with van der Waals surface area (Å²) in [7, 11) is 1.64. The van der Waals surface area contributed by atoms with Crippen molar-refractivity contribution in [2.45, 2.75) is 12.5 Å². The molecule has 0 aliphatic carbocycles. The molecule has 2 heterocycles. The largest absolute Gasteiger partial charge is 0.489 e. The SMILES string of the molecule is CN1C(=O)C(NC(=O)c2cc(Cc3cccc(F)c3)[nH]n2)COc2ccccc21. The topological polar surface area (TPSA) is 87.3 Å². The molecule has 0 saturated carbocycles. The number of hydrogen-bond acceptors (Lipinski definition) is 4. The predicted octanol–water partition coefficient (Wildman–Crippen LogP) is 2.29. The van der Waals surface area contributed by atoms with Crippen LogP contribution in [0.2, 0.25) is 0 Å². The molecule has 3 aromatic rings. The standard InChI is InChI=1S/C21H19FN4O3/c1-26-18-7-2-3-8-19(18)29-12-17(21(26)28)23-20(27)16-11-15(24-25-16)10-13-5-4-6-14(22)9-13/h2-9,11,17H,10,12H2,1H3,(H,23,27)(H,24,25). The van der Waals surface area contributed by atoms with Crippen molar-refractivity contribution in [3.63, 3.8) is 0 Å². The van der Waals surface area contributed by atoms with Crippen LogP contribution in [0.3, 0.4) is 0 Å². The zero-order chi connectivity index (χ0) is 20.4. The molecule has 148 valence electrons. The number of benzene rings is 2. The number of likely N-dealkylation sites (N-methyl/N-ethyl adjacent to an activating group) is 1. The number of nitrogens with one attached hydrogen (secondary N) is 2. The Morgan fingerprint density at radius 2 is 2.10 bits per heavy atom. The predicted molar refractivity (Wildman–Crippen MR) is 104 cm³/mol. The van der Waals surface area contributed by atoms with Gasteiger partial charge in [0.15, 0.2) is 0 Å². The summed E-state index contributed by atoms with van der Waals surface area (Å²) in [6.07, 6.45) is 0.404. The first kappa shape index (κ1) is 18.7. The van der Waals surface area contributed by atoms with Crippen molar-refractivity contribution >= 4 is 17.5 Å². The van der Waals surface area contributed by atoms with Crippen LogP contribution in [-0.4, -0.2) is 41.7 Å². The van der Waals surface area contributed by atoms with Crippen LogP contribution in [0.5, 0.6) is 5.75 Å². The minimum absolute atomic E-state index is 0.0203. The number of hydrogen-bond donors (Lipinski definition) is 2. The van der Waals surface area contributed by atoms with Crippen LogP contribution in [0.15, 0.2) is 54.6 Å². The number of carbonyl (C=O) groups is 2. The van der Waals surface area contributed by atoms with E-state index in [0.29, 0.717) is 23.6 Å². The van der Waals surface area contributed by atoms with E-state index in [1.54, 1.807) is 37.4 Å². The molecule has 1 aliphatic heterocycles. The Morgan fingerprint density at radius 3 is 2.93 bits per heavy atom. The molecule has 0 spiro atoms. The number of ether oxygens (including phenoxy) is 1. The zero-order valence-corrected chi connectivity index (χ0v) is 15.7. The summed E-state index contributed by atoms with van der Waals surface area (Å²) in [6.45, 7) is 0.0203.